The SMILES string of the molecule is C=CCC(CC)NC(=O)Nc1cccc(N2CCN(C(C)=O)CC2)c1. The standard InChI is InChI=1S/C19H28N4O2/c1-4-7-16(5-2)20-19(25)21-17-8-6-9-18(14-17)23-12-10-22(11-13-23)15(3)24/h4,6,8-9,14,16H,1,5,7,10-13H2,2-3H3,(H2,20,21,25). The third-order valence-corrected chi connectivity index (χ3v) is 4.47. The van der Waals surface area contributed by atoms with Gasteiger partial charge >= 0.3 is 6.03 Å². The number of hydrogen-bond donors (Lipinski definition) is 2. The highest BCUT2D eigenvalue weighted by atomic mass is 16.2. The number of amides is 3. The topological polar surface area (TPSA) is 64.7 Å². The number of urea groups is 1. The molecule has 136 valence electrons. The van der Waals surface area contributed by atoms with E-state index in [1.807, 2.05) is 42.2 Å². The monoisotopic (exact) mass is 344 g/mol. The van der Waals surface area contributed by atoms with Crippen molar-refractivity contribution < 1.29 is 9.59 Å². The summed E-state index contributed by atoms with van der Waals surface area (Å²) in [6.45, 7) is 10.4. The molecule has 6 heteroatoms. The van der Waals surface area contributed by atoms with E-state index in [4.69, 9.17) is 0 Å². The number of rotatable bonds is 6. The van der Waals surface area contributed by atoms with Crippen molar-refractivity contribution in [2.75, 3.05) is 36.4 Å². The summed E-state index contributed by atoms with van der Waals surface area (Å²) in [7, 11) is 0. The molecular formula is C19H28N4O2. The molecule has 1 fully saturated rings. The van der Waals surface area contributed by atoms with Crippen molar-refractivity contribution in [2.45, 2.75) is 32.7 Å². The Labute approximate surface area is 149 Å². The van der Waals surface area contributed by atoms with Crippen LogP contribution in [0.1, 0.15) is 26.7 Å². The highest BCUT2D eigenvalue weighted by Gasteiger charge is 2.19. The molecule has 0 bridgehead atoms. The molecule has 1 atom stereocenters. The molecule has 0 aliphatic carbocycles. The molecular weight excluding hydrogens is 316 g/mol. The molecule has 0 radical (unpaired) electrons. The van der Waals surface area contributed by atoms with Crippen LogP contribution in [0.5, 0.6) is 0 Å². The fraction of sp³-hybridized carbons (Fsp3) is 0.474. The summed E-state index contributed by atoms with van der Waals surface area (Å²) in [6, 6.07) is 7.70. The zero-order valence-electron chi connectivity index (χ0n) is 15.1. The smallest absolute Gasteiger partial charge is 0.319 e. The minimum atomic E-state index is -0.202. The van der Waals surface area contributed by atoms with Crippen LogP contribution in [0.3, 0.4) is 0 Å². The molecule has 2 rings (SSSR count). The molecule has 1 aromatic rings. The van der Waals surface area contributed by atoms with Gasteiger partial charge in [0.1, 0.15) is 0 Å². The predicted octanol–water partition coefficient (Wildman–Crippen LogP) is 2.83. The number of benzene rings is 1. The Bertz CT molecular complexity index is 609. The van der Waals surface area contributed by atoms with Gasteiger partial charge in [-0.3, -0.25) is 4.79 Å². The van der Waals surface area contributed by atoms with Gasteiger partial charge in [0.05, 0.1) is 0 Å². The summed E-state index contributed by atoms with van der Waals surface area (Å²) in [5.74, 6) is 0.122. The van der Waals surface area contributed by atoms with Gasteiger partial charge in [0, 0.05) is 50.5 Å². The van der Waals surface area contributed by atoms with Crippen molar-refractivity contribution in [2.24, 2.45) is 0 Å². The molecule has 2 N–H and O–H groups in total. The van der Waals surface area contributed by atoms with Gasteiger partial charge in [-0.15, -0.1) is 6.58 Å². The largest absolute Gasteiger partial charge is 0.368 e. The van der Waals surface area contributed by atoms with Crippen LogP contribution in [-0.4, -0.2) is 49.1 Å². The molecule has 1 unspecified atom stereocenters. The van der Waals surface area contributed by atoms with Gasteiger partial charge in [-0.1, -0.05) is 19.1 Å². The first-order valence-corrected chi connectivity index (χ1v) is 8.82. The zero-order chi connectivity index (χ0) is 18.2. The van der Waals surface area contributed by atoms with Gasteiger partial charge in [0.25, 0.3) is 0 Å². The Morgan fingerprint density at radius 3 is 2.60 bits per heavy atom. The number of carbonyl (C=O) groups is 2. The maximum absolute atomic E-state index is 12.1. The fourth-order valence-electron chi connectivity index (χ4n) is 2.94. The summed E-state index contributed by atoms with van der Waals surface area (Å²) in [5, 5.41) is 5.85. The highest BCUT2D eigenvalue weighted by Crippen LogP contribution is 2.21. The average molecular weight is 344 g/mol. The first-order valence-electron chi connectivity index (χ1n) is 8.82. The molecule has 0 saturated carbocycles. The first kappa shape index (κ1) is 18.8. The first-order chi connectivity index (χ1) is 12.0. The minimum absolute atomic E-state index is 0.0975. The van der Waals surface area contributed by atoms with Crippen LogP contribution >= 0.6 is 0 Å². The number of nitrogens with one attached hydrogen (secondary N) is 2. The maximum atomic E-state index is 12.1. The second-order valence-electron chi connectivity index (χ2n) is 6.27. The van der Waals surface area contributed by atoms with Crippen molar-refractivity contribution in [3.63, 3.8) is 0 Å². The average Bonchev–Trinajstić information content (AvgIpc) is 2.61. The quantitative estimate of drug-likeness (QED) is 0.780. The van der Waals surface area contributed by atoms with Crippen molar-refractivity contribution in [1.82, 2.24) is 10.2 Å². The van der Waals surface area contributed by atoms with Crippen LogP contribution < -0.4 is 15.5 Å². The van der Waals surface area contributed by atoms with E-state index in [0.717, 1.165) is 50.4 Å². The zero-order valence-corrected chi connectivity index (χ0v) is 15.1. The second kappa shape index (κ2) is 9.11. The normalized spacial score (nSPS) is 15.4. The molecule has 1 saturated heterocycles. The second-order valence-corrected chi connectivity index (χ2v) is 6.27. The van der Waals surface area contributed by atoms with E-state index in [2.05, 4.69) is 22.1 Å². The summed E-state index contributed by atoms with van der Waals surface area (Å²) < 4.78 is 0. The minimum Gasteiger partial charge on any atom is -0.368 e. The van der Waals surface area contributed by atoms with Crippen LogP contribution in [0.15, 0.2) is 36.9 Å². The maximum Gasteiger partial charge on any atom is 0.319 e. The molecule has 25 heavy (non-hydrogen) atoms. The van der Waals surface area contributed by atoms with Gasteiger partial charge in [-0.25, -0.2) is 4.79 Å². The Morgan fingerprint density at radius 1 is 1.28 bits per heavy atom. The van der Waals surface area contributed by atoms with Crippen LogP contribution in [0.2, 0.25) is 0 Å². The lowest BCUT2D eigenvalue weighted by Gasteiger charge is -2.35. The molecule has 0 spiro atoms. The fourth-order valence-corrected chi connectivity index (χ4v) is 2.94. The molecule has 6 nitrogen and oxygen atoms in total. The lowest BCUT2D eigenvalue weighted by atomic mass is 10.1. The molecule has 1 aliphatic heterocycles. The number of carbonyl (C=O) groups excluding carboxylic acids is 2. The number of hydrogen-bond acceptors (Lipinski definition) is 3. The Hall–Kier alpha value is -2.50. The summed E-state index contributed by atoms with van der Waals surface area (Å²) in [6.07, 6.45) is 3.43. The van der Waals surface area contributed by atoms with E-state index in [9.17, 15) is 9.59 Å². The Morgan fingerprint density at radius 2 is 2.00 bits per heavy atom. The number of piperazine rings is 1. The molecule has 1 aliphatic rings. The van der Waals surface area contributed by atoms with E-state index in [1.54, 1.807) is 6.92 Å². The predicted molar refractivity (Wildman–Crippen MR) is 102 cm³/mol. The van der Waals surface area contributed by atoms with Crippen LogP contribution in [0.4, 0.5) is 16.2 Å². The molecule has 3 amide bonds. The van der Waals surface area contributed by atoms with Crippen molar-refractivity contribution in [3.05, 3.63) is 36.9 Å². The highest BCUT2D eigenvalue weighted by molar-refractivity contribution is 5.90. The van der Waals surface area contributed by atoms with Gasteiger partial charge in [0.2, 0.25) is 5.91 Å². The summed E-state index contributed by atoms with van der Waals surface area (Å²) >= 11 is 0. The molecule has 0 aromatic heterocycles. The third kappa shape index (κ3) is 5.52. The Kier molecular flexibility index (Phi) is 6.86. The van der Waals surface area contributed by atoms with E-state index in [-0.39, 0.29) is 18.0 Å². The lowest BCUT2D eigenvalue weighted by molar-refractivity contribution is -0.129. The van der Waals surface area contributed by atoms with Crippen LogP contribution in [0.25, 0.3) is 0 Å². The van der Waals surface area contributed by atoms with Crippen LogP contribution in [-0.2, 0) is 4.79 Å². The van der Waals surface area contributed by atoms with E-state index in [0.29, 0.717) is 0 Å². The summed E-state index contributed by atoms with van der Waals surface area (Å²) in [4.78, 5) is 27.7. The van der Waals surface area contributed by atoms with E-state index in [1.165, 1.54) is 0 Å². The van der Waals surface area contributed by atoms with E-state index < -0.39 is 0 Å². The van der Waals surface area contributed by atoms with Gasteiger partial charge in [-0.2, -0.15) is 0 Å². The van der Waals surface area contributed by atoms with Crippen molar-refractivity contribution in [1.29, 1.82) is 0 Å². The summed E-state index contributed by atoms with van der Waals surface area (Å²) in [5.41, 5.74) is 1.82. The molecule has 1 aromatic carbocycles. The van der Waals surface area contributed by atoms with E-state index >= 15 is 0 Å². The van der Waals surface area contributed by atoms with Crippen molar-refractivity contribution >= 4 is 23.3 Å². The number of anilines is 2. The lowest BCUT2D eigenvalue weighted by Crippen LogP contribution is -2.48. The van der Waals surface area contributed by atoms with Gasteiger partial charge < -0.3 is 20.4 Å². The van der Waals surface area contributed by atoms with Crippen LogP contribution in [0, 0.1) is 0 Å². The van der Waals surface area contributed by atoms with Gasteiger partial charge in [0.15, 0.2) is 0 Å². The third-order valence-electron chi connectivity index (χ3n) is 4.47. The Balaban J connectivity index is 1.94. The van der Waals surface area contributed by atoms with Crippen molar-refractivity contribution in [3.8, 4) is 0 Å². The van der Waals surface area contributed by atoms with Gasteiger partial charge in [-0.05, 0) is 31.0 Å². The molecule has 1 heterocycles. The number of nitrogens with zero attached hydrogens (tertiary/aromatic N) is 2.